The summed E-state index contributed by atoms with van der Waals surface area (Å²) in [5.74, 6) is 0.653. The molecule has 3 rings (SSSR count). The van der Waals surface area contributed by atoms with Gasteiger partial charge in [0.15, 0.2) is 0 Å². The maximum Gasteiger partial charge on any atom is 0.258 e. The molecule has 2 aromatic heterocycles. The van der Waals surface area contributed by atoms with Crippen molar-refractivity contribution in [1.29, 1.82) is 0 Å². The minimum Gasteiger partial charge on any atom is -0.508 e. The third-order valence-corrected chi connectivity index (χ3v) is 5.02. The Labute approximate surface area is 176 Å². The summed E-state index contributed by atoms with van der Waals surface area (Å²) in [6.45, 7) is 7.27. The SMILES string of the molecule is Cc1cc(Nc2c(OCCN(C)C)nn3c(C)c(C)ccc23)c(NCC=O)cc1O. The van der Waals surface area contributed by atoms with Crippen molar-refractivity contribution in [2.24, 2.45) is 0 Å². The van der Waals surface area contributed by atoms with Gasteiger partial charge in [-0.1, -0.05) is 6.07 Å². The second kappa shape index (κ2) is 9.04. The van der Waals surface area contributed by atoms with E-state index in [1.165, 1.54) is 0 Å². The molecule has 0 amide bonds. The van der Waals surface area contributed by atoms with Crippen molar-refractivity contribution in [3.8, 4) is 11.6 Å². The van der Waals surface area contributed by atoms with Crippen LogP contribution in [0.25, 0.3) is 5.52 Å². The highest BCUT2D eigenvalue weighted by Gasteiger charge is 2.18. The van der Waals surface area contributed by atoms with Gasteiger partial charge in [0, 0.05) is 18.3 Å². The molecule has 8 nitrogen and oxygen atoms in total. The number of pyridine rings is 1. The summed E-state index contributed by atoms with van der Waals surface area (Å²) in [5.41, 5.74) is 5.82. The Balaban J connectivity index is 2.07. The maximum atomic E-state index is 10.8. The first-order valence-electron chi connectivity index (χ1n) is 9.86. The van der Waals surface area contributed by atoms with Gasteiger partial charge < -0.3 is 30.2 Å². The van der Waals surface area contributed by atoms with Crippen LogP contribution in [0.15, 0.2) is 24.3 Å². The molecule has 0 aliphatic heterocycles. The number of aromatic hydroxyl groups is 1. The number of phenols is 1. The van der Waals surface area contributed by atoms with Gasteiger partial charge in [-0.15, -0.1) is 5.10 Å². The average molecular weight is 412 g/mol. The number of rotatable bonds is 9. The normalized spacial score (nSPS) is 11.1. The number of benzene rings is 1. The van der Waals surface area contributed by atoms with E-state index in [-0.39, 0.29) is 12.3 Å². The van der Waals surface area contributed by atoms with Crippen molar-refractivity contribution >= 4 is 28.9 Å². The molecule has 0 spiro atoms. The second-order valence-electron chi connectivity index (χ2n) is 7.59. The fraction of sp³-hybridized carbons (Fsp3) is 0.364. The predicted octanol–water partition coefficient (Wildman–Crippen LogP) is 3.26. The van der Waals surface area contributed by atoms with Crippen molar-refractivity contribution in [1.82, 2.24) is 14.5 Å². The number of hydrogen-bond acceptors (Lipinski definition) is 7. The standard InChI is InChI=1S/C22H29N5O3/c1-14-6-7-19-21(22(25-27(19)16(14)3)30-11-9-26(4)5)24-18-12-15(2)20(29)13-17(18)23-8-10-28/h6-7,10,12-13,23-24,29H,8-9,11H2,1-5H3. The van der Waals surface area contributed by atoms with Crippen molar-refractivity contribution in [2.45, 2.75) is 20.8 Å². The molecule has 0 bridgehead atoms. The van der Waals surface area contributed by atoms with Crippen LogP contribution in [0.1, 0.15) is 16.8 Å². The highest BCUT2D eigenvalue weighted by Crippen LogP contribution is 2.37. The Bertz CT molecular complexity index is 1060. The van der Waals surface area contributed by atoms with Crippen LogP contribution in [0.5, 0.6) is 11.6 Å². The van der Waals surface area contributed by atoms with E-state index in [0.29, 0.717) is 23.7 Å². The number of hydrogen-bond donors (Lipinski definition) is 3. The number of aryl methyl sites for hydroxylation is 3. The van der Waals surface area contributed by atoms with E-state index in [0.717, 1.165) is 41.0 Å². The zero-order valence-corrected chi connectivity index (χ0v) is 18.1. The molecular formula is C22H29N5O3. The van der Waals surface area contributed by atoms with Crippen LogP contribution in [0.3, 0.4) is 0 Å². The minimum absolute atomic E-state index is 0.135. The van der Waals surface area contributed by atoms with Gasteiger partial charge in [-0.25, -0.2) is 4.52 Å². The smallest absolute Gasteiger partial charge is 0.258 e. The fourth-order valence-corrected chi connectivity index (χ4v) is 3.09. The maximum absolute atomic E-state index is 10.8. The number of aldehydes is 1. The molecule has 3 N–H and O–H groups in total. The number of aromatic nitrogens is 2. The van der Waals surface area contributed by atoms with Crippen molar-refractivity contribution in [3.63, 3.8) is 0 Å². The van der Waals surface area contributed by atoms with Gasteiger partial charge in [0.1, 0.15) is 24.3 Å². The molecule has 30 heavy (non-hydrogen) atoms. The molecule has 0 saturated heterocycles. The van der Waals surface area contributed by atoms with Gasteiger partial charge in [0.25, 0.3) is 5.88 Å². The number of carbonyl (C=O) groups is 1. The lowest BCUT2D eigenvalue weighted by atomic mass is 10.1. The number of carbonyl (C=O) groups excluding carboxylic acids is 1. The number of fused-ring (bicyclic) bond motifs is 1. The highest BCUT2D eigenvalue weighted by molar-refractivity contribution is 5.87. The molecule has 3 aromatic rings. The summed E-state index contributed by atoms with van der Waals surface area (Å²) >= 11 is 0. The number of ether oxygens (including phenoxy) is 1. The van der Waals surface area contributed by atoms with Crippen molar-refractivity contribution in [2.75, 3.05) is 44.4 Å². The van der Waals surface area contributed by atoms with Crippen LogP contribution in [0.2, 0.25) is 0 Å². The van der Waals surface area contributed by atoms with E-state index in [1.54, 1.807) is 6.07 Å². The fourth-order valence-electron chi connectivity index (χ4n) is 3.09. The van der Waals surface area contributed by atoms with Gasteiger partial charge >= 0.3 is 0 Å². The van der Waals surface area contributed by atoms with E-state index in [2.05, 4.69) is 21.8 Å². The van der Waals surface area contributed by atoms with Crippen LogP contribution in [0.4, 0.5) is 17.1 Å². The summed E-state index contributed by atoms with van der Waals surface area (Å²) in [6.07, 6.45) is 0.776. The third kappa shape index (κ3) is 4.49. The Morgan fingerprint density at radius 2 is 1.93 bits per heavy atom. The van der Waals surface area contributed by atoms with E-state index >= 15 is 0 Å². The minimum atomic E-state index is 0.135. The van der Waals surface area contributed by atoms with Gasteiger partial charge in [-0.05, 0) is 58.1 Å². The van der Waals surface area contributed by atoms with E-state index in [9.17, 15) is 9.90 Å². The van der Waals surface area contributed by atoms with Gasteiger partial charge in [-0.3, -0.25) is 0 Å². The average Bonchev–Trinajstić information content (AvgIpc) is 3.04. The summed E-state index contributed by atoms with van der Waals surface area (Å²) in [6, 6.07) is 7.49. The summed E-state index contributed by atoms with van der Waals surface area (Å²) < 4.78 is 7.88. The molecular weight excluding hydrogens is 382 g/mol. The Hall–Kier alpha value is -3.26. The first-order valence-corrected chi connectivity index (χ1v) is 9.86. The number of nitrogens with one attached hydrogen (secondary N) is 2. The van der Waals surface area contributed by atoms with Crippen molar-refractivity contribution < 1.29 is 14.6 Å². The summed E-state index contributed by atoms with van der Waals surface area (Å²) in [7, 11) is 3.98. The topological polar surface area (TPSA) is 91.1 Å². The molecule has 0 aliphatic rings. The van der Waals surface area contributed by atoms with Crippen LogP contribution in [-0.4, -0.2) is 59.7 Å². The molecule has 1 aromatic carbocycles. The summed E-state index contributed by atoms with van der Waals surface area (Å²) in [4.78, 5) is 12.9. The highest BCUT2D eigenvalue weighted by atomic mass is 16.5. The molecule has 0 radical (unpaired) electrons. The monoisotopic (exact) mass is 411 g/mol. The lowest BCUT2D eigenvalue weighted by molar-refractivity contribution is -0.106. The zero-order valence-electron chi connectivity index (χ0n) is 18.1. The van der Waals surface area contributed by atoms with Crippen LogP contribution < -0.4 is 15.4 Å². The lowest BCUT2D eigenvalue weighted by Crippen LogP contribution is -2.19. The molecule has 0 fully saturated rings. The first kappa shape index (κ1) is 21.4. The first-order chi connectivity index (χ1) is 14.3. The van der Waals surface area contributed by atoms with Crippen molar-refractivity contribution in [3.05, 3.63) is 41.1 Å². The second-order valence-corrected chi connectivity index (χ2v) is 7.59. The Morgan fingerprint density at radius 3 is 2.63 bits per heavy atom. The number of nitrogens with zero attached hydrogens (tertiary/aromatic N) is 3. The molecule has 0 atom stereocenters. The number of phenolic OH excluding ortho intramolecular Hbond substituents is 1. The largest absolute Gasteiger partial charge is 0.508 e. The van der Waals surface area contributed by atoms with Crippen LogP contribution in [-0.2, 0) is 4.79 Å². The lowest BCUT2D eigenvalue weighted by Gasteiger charge is -2.16. The van der Waals surface area contributed by atoms with E-state index in [1.807, 2.05) is 56.4 Å². The Kier molecular flexibility index (Phi) is 6.47. The van der Waals surface area contributed by atoms with Gasteiger partial charge in [0.2, 0.25) is 0 Å². The van der Waals surface area contributed by atoms with Crippen LogP contribution >= 0.6 is 0 Å². The zero-order chi connectivity index (χ0) is 21.8. The molecule has 0 unspecified atom stereocenters. The summed E-state index contributed by atoms with van der Waals surface area (Å²) in [5, 5.41) is 21.2. The number of likely N-dealkylation sites (N-methyl/N-ethyl adjacent to an activating group) is 1. The van der Waals surface area contributed by atoms with E-state index in [4.69, 9.17) is 4.74 Å². The molecule has 0 saturated carbocycles. The molecule has 2 heterocycles. The quantitative estimate of drug-likeness (QED) is 0.368. The van der Waals surface area contributed by atoms with E-state index < -0.39 is 0 Å². The molecule has 8 heteroatoms. The van der Waals surface area contributed by atoms with Gasteiger partial charge in [0.05, 0.1) is 23.4 Å². The predicted molar refractivity (Wildman–Crippen MR) is 119 cm³/mol. The Morgan fingerprint density at radius 1 is 1.17 bits per heavy atom. The van der Waals surface area contributed by atoms with Gasteiger partial charge in [-0.2, -0.15) is 0 Å². The molecule has 0 aliphatic carbocycles. The van der Waals surface area contributed by atoms with Crippen LogP contribution in [0, 0.1) is 20.8 Å². The number of anilines is 3. The third-order valence-electron chi connectivity index (χ3n) is 5.02. The molecule has 160 valence electrons.